The minimum Gasteiger partial charge on any atom is -0.328 e. The molecule has 4 heteroatoms. The van der Waals surface area contributed by atoms with Crippen molar-refractivity contribution in [3.8, 4) is 0 Å². The monoisotopic (exact) mass is 407 g/mol. The van der Waals surface area contributed by atoms with Crippen LogP contribution in [0.5, 0.6) is 0 Å². The van der Waals surface area contributed by atoms with Gasteiger partial charge in [-0.25, -0.2) is 0 Å². The molecule has 0 spiro atoms. The van der Waals surface area contributed by atoms with Gasteiger partial charge in [-0.3, -0.25) is 9.59 Å². The number of nitrogens with one attached hydrogen (secondary N) is 1. The van der Waals surface area contributed by atoms with Crippen molar-refractivity contribution < 1.29 is 9.59 Å². The van der Waals surface area contributed by atoms with Gasteiger partial charge in [-0.05, 0) is 29.3 Å². The van der Waals surface area contributed by atoms with Crippen LogP contribution in [0.2, 0.25) is 0 Å². The van der Waals surface area contributed by atoms with Gasteiger partial charge in [-0.2, -0.15) is 0 Å². The van der Waals surface area contributed by atoms with E-state index in [1.165, 1.54) is 0 Å². The Morgan fingerprint density at radius 3 is 2.04 bits per heavy atom. The summed E-state index contributed by atoms with van der Waals surface area (Å²) < 4.78 is 0.799. The summed E-state index contributed by atoms with van der Waals surface area (Å²) in [5.74, 6) is -0.0682. The summed E-state index contributed by atoms with van der Waals surface area (Å²) in [6.45, 7) is 0. The minimum absolute atomic E-state index is 0.0200. The molecule has 0 fully saturated rings. The van der Waals surface area contributed by atoms with Gasteiger partial charge < -0.3 is 5.32 Å². The first-order chi connectivity index (χ1) is 12.7. The Bertz CT molecular complexity index is 855. The molecule has 0 bridgehead atoms. The molecule has 26 heavy (non-hydrogen) atoms. The van der Waals surface area contributed by atoms with Gasteiger partial charge in [0, 0.05) is 22.4 Å². The number of anilines is 1. The number of ketones is 1. The van der Waals surface area contributed by atoms with E-state index < -0.39 is 0 Å². The van der Waals surface area contributed by atoms with Gasteiger partial charge in [0.05, 0.1) is 5.69 Å². The normalized spacial score (nSPS) is 10.5. The van der Waals surface area contributed by atoms with Crippen LogP contribution in [-0.4, -0.2) is 12.2 Å². The number of benzene rings is 3. The Labute approximate surface area is 161 Å². The van der Waals surface area contributed by atoms with Crippen molar-refractivity contribution in [3.05, 3.63) is 100 Å². The zero-order chi connectivity index (χ0) is 18.4. The molecule has 3 aromatic rings. The van der Waals surface area contributed by atoms with Crippen LogP contribution < -0.4 is 5.32 Å². The Kier molecular flexibility index (Phi) is 5.97. The molecule has 1 N–H and O–H groups in total. The van der Waals surface area contributed by atoms with E-state index >= 15 is 0 Å². The summed E-state index contributed by atoms with van der Waals surface area (Å²) >= 11 is 3.40. The fourth-order valence-corrected chi connectivity index (χ4v) is 3.39. The maximum atomic E-state index is 13.1. The van der Waals surface area contributed by atoms with E-state index in [0.717, 1.165) is 15.6 Å². The topological polar surface area (TPSA) is 46.2 Å². The molecule has 1 amide bonds. The predicted molar refractivity (Wildman–Crippen MR) is 108 cm³/mol. The molecule has 3 aromatic carbocycles. The molecule has 0 aliphatic carbocycles. The van der Waals surface area contributed by atoms with Crippen LogP contribution >= 0.6 is 15.9 Å². The minimum atomic E-state index is -0.0482. The highest BCUT2D eigenvalue weighted by atomic mass is 79.9. The maximum absolute atomic E-state index is 13.1. The summed E-state index contributed by atoms with van der Waals surface area (Å²) in [6, 6.07) is 25.3. The molecular formula is C22H18BrNO2. The van der Waals surface area contributed by atoms with Gasteiger partial charge in [-0.15, -0.1) is 0 Å². The van der Waals surface area contributed by atoms with E-state index in [-0.39, 0.29) is 11.7 Å². The third kappa shape index (κ3) is 4.27. The highest BCUT2D eigenvalue weighted by molar-refractivity contribution is 9.10. The van der Waals surface area contributed by atoms with Gasteiger partial charge in [-0.1, -0.05) is 76.6 Å². The molecule has 130 valence electrons. The molecule has 0 aromatic heterocycles. The number of carbonyl (C=O) groups is 2. The van der Waals surface area contributed by atoms with Crippen molar-refractivity contribution in [1.82, 2.24) is 0 Å². The lowest BCUT2D eigenvalue weighted by Crippen LogP contribution is -2.11. The van der Waals surface area contributed by atoms with Crippen molar-refractivity contribution in [2.75, 3.05) is 5.32 Å². The molecule has 3 rings (SSSR count). The number of amides is 1. The largest absolute Gasteiger partial charge is 0.328 e. The van der Waals surface area contributed by atoms with Crippen LogP contribution in [0.1, 0.15) is 33.8 Å². The number of halogens is 1. The molecule has 0 radical (unpaired) electrons. The second-order valence-corrected chi connectivity index (χ2v) is 6.87. The molecule has 0 aliphatic rings. The fraction of sp³-hybridized carbons (Fsp3) is 0.0909. The first-order valence-corrected chi connectivity index (χ1v) is 9.11. The number of hydrogen-bond acceptors (Lipinski definition) is 2. The van der Waals surface area contributed by atoms with E-state index in [2.05, 4.69) is 21.2 Å². The average Bonchev–Trinajstić information content (AvgIpc) is 2.69. The molecule has 0 atom stereocenters. The maximum Gasteiger partial charge on any atom is 0.211 e. The van der Waals surface area contributed by atoms with Crippen molar-refractivity contribution in [2.45, 2.75) is 12.3 Å². The number of hydrogen-bond donors (Lipinski definition) is 1. The van der Waals surface area contributed by atoms with Gasteiger partial charge in [0.2, 0.25) is 6.41 Å². The Balaban J connectivity index is 1.96. The van der Waals surface area contributed by atoms with Crippen molar-refractivity contribution in [3.63, 3.8) is 0 Å². The van der Waals surface area contributed by atoms with Crippen LogP contribution in [0.15, 0.2) is 83.3 Å². The van der Waals surface area contributed by atoms with Crippen LogP contribution in [0.25, 0.3) is 0 Å². The van der Waals surface area contributed by atoms with Crippen LogP contribution in [-0.2, 0) is 4.79 Å². The van der Waals surface area contributed by atoms with Gasteiger partial charge >= 0.3 is 0 Å². The molecule has 0 heterocycles. The first-order valence-electron chi connectivity index (χ1n) is 8.32. The lowest BCUT2D eigenvalue weighted by Gasteiger charge is -2.18. The summed E-state index contributed by atoms with van der Waals surface area (Å²) in [6.07, 6.45) is 0.907. The number of Topliss-reactive ketones (excluding diaryl/α,β-unsaturated/α-hetero) is 1. The van der Waals surface area contributed by atoms with Crippen LogP contribution in [0.4, 0.5) is 5.69 Å². The smallest absolute Gasteiger partial charge is 0.211 e. The van der Waals surface area contributed by atoms with E-state index in [4.69, 9.17) is 0 Å². The molecule has 0 unspecified atom stereocenters. The molecular weight excluding hydrogens is 390 g/mol. The second kappa shape index (κ2) is 8.59. The Hall–Kier alpha value is -2.72. The summed E-state index contributed by atoms with van der Waals surface area (Å²) in [5, 5.41) is 2.61. The van der Waals surface area contributed by atoms with Crippen molar-refractivity contribution in [2.24, 2.45) is 0 Å². The third-order valence-corrected chi connectivity index (χ3v) is 4.78. The molecule has 0 saturated heterocycles. The Morgan fingerprint density at radius 1 is 0.923 bits per heavy atom. The highest BCUT2D eigenvalue weighted by Crippen LogP contribution is 2.31. The number of rotatable bonds is 7. The Morgan fingerprint density at radius 2 is 1.50 bits per heavy atom. The standard InChI is InChI=1S/C22H18BrNO2/c23-18-11-12-21(24-15-25)20(13-18)22(26)14-19(16-7-3-1-4-8-16)17-9-5-2-6-10-17/h1-13,15,19H,14H2,(H,24,25). The lowest BCUT2D eigenvalue weighted by molar-refractivity contribution is -0.105. The lowest BCUT2D eigenvalue weighted by atomic mass is 9.85. The summed E-state index contributed by atoms with van der Waals surface area (Å²) in [5.41, 5.74) is 3.20. The van der Waals surface area contributed by atoms with E-state index in [1.54, 1.807) is 18.2 Å². The van der Waals surface area contributed by atoms with E-state index in [1.807, 2.05) is 60.7 Å². The molecule has 0 aliphatic heterocycles. The fourth-order valence-electron chi connectivity index (χ4n) is 3.03. The SMILES string of the molecule is O=CNc1ccc(Br)cc1C(=O)CC(c1ccccc1)c1ccccc1. The first kappa shape index (κ1) is 18.1. The highest BCUT2D eigenvalue weighted by Gasteiger charge is 2.21. The van der Waals surface area contributed by atoms with Crippen molar-refractivity contribution in [1.29, 1.82) is 0 Å². The zero-order valence-corrected chi connectivity index (χ0v) is 15.6. The predicted octanol–water partition coefficient (Wildman–Crippen LogP) is 5.42. The van der Waals surface area contributed by atoms with Gasteiger partial charge in [0.25, 0.3) is 0 Å². The van der Waals surface area contributed by atoms with Gasteiger partial charge in [0.1, 0.15) is 0 Å². The molecule has 3 nitrogen and oxygen atoms in total. The van der Waals surface area contributed by atoms with E-state index in [0.29, 0.717) is 24.1 Å². The zero-order valence-electron chi connectivity index (χ0n) is 14.1. The average molecular weight is 408 g/mol. The quantitative estimate of drug-likeness (QED) is 0.419. The number of carbonyl (C=O) groups excluding carboxylic acids is 2. The van der Waals surface area contributed by atoms with Crippen LogP contribution in [0.3, 0.4) is 0 Å². The third-order valence-electron chi connectivity index (χ3n) is 4.29. The van der Waals surface area contributed by atoms with Gasteiger partial charge in [0.15, 0.2) is 5.78 Å². The van der Waals surface area contributed by atoms with Crippen LogP contribution in [0, 0.1) is 0 Å². The second-order valence-electron chi connectivity index (χ2n) is 5.95. The molecule has 0 saturated carbocycles. The van der Waals surface area contributed by atoms with Crippen molar-refractivity contribution >= 4 is 33.8 Å². The summed E-state index contributed by atoms with van der Waals surface area (Å²) in [7, 11) is 0. The van der Waals surface area contributed by atoms with E-state index in [9.17, 15) is 9.59 Å². The summed E-state index contributed by atoms with van der Waals surface area (Å²) in [4.78, 5) is 23.9.